The molecule has 0 unspecified atom stereocenters. The van der Waals surface area contributed by atoms with Gasteiger partial charge >= 0.3 is 0 Å². The van der Waals surface area contributed by atoms with Gasteiger partial charge in [0.05, 0.1) is 6.54 Å². The van der Waals surface area contributed by atoms with Crippen LogP contribution in [0, 0.1) is 0 Å². The van der Waals surface area contributed by atoms with Crippen molar-refractivity contribution in [3.63, 3.8) is 0 Å². The van der Waals surface area contributed by atoms with Gasteiger partial charge in [-0.25, -0.2) is 0 Å². The molecule has 4 rings (SSSR count). The van der Waals surface area contributed by atoms with Gasteiger partial charge in [0, 0.05) is 18.7 Å². The Bertz CT molecular complexity index is 861. The summed E-state index contributed by atoms with van der Waals surface area (Å²) in [4.78, 5) is 1.74. The van der Waals surface area contributed by atoms with E-state index in [2.05, 4.69) is 27.6 Å². The van der Waals surface area contributed by atoms with Gasteiger partial charge in [-0.15, -0.1) is 0 Å². The Hall–Kier alpha value is -2.86. The van der Waals surface area contributed by atoms with E-state index in [1.807, 2.05) is 43.3 Å². The van der Waals surface area contributed by atoms with E-state index >= 15 is 0 Å². The molecule has 0 radical (unpaired) electrons. The lowest BCUT2D eigenvalue weighted by Crippen LogP contribution is -2.14. The number of hydrogen-bond acceptors (Lipinski definition) is 5. The molecule has 2 heterocycles. The highest BCUT2D eigenvalue weighted by Gasteiger charge is 2.14. The highest BCUT2D eigenvalue weighted by atomic mass is 16.7. The second kappa shape index (κ2) is 6.94. The fraction of sp³-hybridized carbons (Fsp3) is 0.263. The molecule has 1 N–H and O–H groups in total. The smallest absolute Gasteiger partial charge is 0.231 e. The first-order valence-electron chi connectivity index (χ1n) is 8.42. The second-order valence-corrected chi connectivity index (χ2v) is 5.84. The Morgan fingerprint density at radius 1 is 1.00 bits per heavy atom. The molecule has 0 spiro atoms. The summed E-state index contributed by atoms with van der Waals surface area (Å²) in [6.07, 6.45) is 0. The Labute approximate surface area is 146 Å². The molecule has 0 amide bonds. The van der Waals surface area contributed by atoms with Crippen LogP contribution in [0.4, 0.5) is 0 Å². The van der Waals surface area contributed by atoms with E-state index in [-0.39, 0.29) is 0 Å². The molecule has 3 aromatic rings. The van der Waals surface area contributed by atoms with Gasteiger partial charge in [0.1, 0.15) is 11.4 Å². The van der Waals surface area contributed by atoms with E-state index < -0.39 is 0 Å². The van der Waals surface area contributed by atoms with Crippen molar-refractivity contribution in [2.45, 2.75) is 26.6 Å². The van der Waals surface area contributed by atoms with Crippen LogP contribution in [0.3, 0.4) is 0 Å². The van der Waals surface area contributed by atoms with E-state index in [0.717, 1.165) is 47.1 Å². The summed E-state index contributed by atoms with van der Waals surface area (Å²) in [7, 11) is 0. The van der Waals surface area contributed by atoms with Gasteiger partial charge in [-0.1, -0.05) is 36.4 Å². The van der Waals surface area contributed by atoms with E-state index in [1.54, 1.807) is 4.80 Å². The topological polar surface area (TPSA) is 61.2 Å². The van der Waals surface area contributed by atoms with Crippen LogP contribution in [0.25, 0.3) is 11.3 Å². The van der Waals surface area contributed by atoms with Crippen LogP contribution < -0.4 is 14.8 Å². The standard InChI is InChI=1S/C19H20N4O2/c1-2-23-21-16(19(22-23)15-6-4-3-5-7-15)12-20-11-14-8-9-17-18(10-14)25-13-24-17/h3-10,20H,2,11-13H2,1H3. The minimum absolute atomic E-state index is 0.298. The van der Waals surface area contributed by atoms with Gasteiger partial charge in [-0.2, -0.15) is 15.0 Å². The lowest BCUT2D eigenvalue weighted by atomic mass is 10.1. The third kappa shape index (κ3) is 3.34. The predicted molar refractivity (Wildman–Crippen MR) is 94.2 cm³/mol. The van der Waals surface area contributed by atoms with Crippen LogP contribution >= 0.6 is 0 Å². The Kier molecular flexibility index (Phi) is 4.35. The third-order valence-corrected chi connectivity index (χ3v) is 4.11. The molecule has 0 saturated carbocycles. The number of aryl methyl sites for hydroxylation is 1. The van der Waals surface area contributed by atoms with Gasteiger partial charge in [0.25, 0.3) is 0 Å². The molecule has 1 aliphatic heterocycles. The fourth-order valence-electron chi connectivity index (χ4n) is 2.84. The number of benzene rings is 2. The van der Waals surface area contributed by atoms with Gasteiger partial charge in [0.2, 0.25) is 6.79 Å². The van der Waals surface area contributed by atoms with Crippen molar-refractivity contribution in [3.8, 4) is 22.8 Å². The third-order valence-electron chi connectivity index (χ3n) is 4.11. The highest BCUT2D eigenvalue weighted by molar-refractivity contribution is 5.60. The van der Waals surface area contributed by atoms with Gasteiger partial charge in [0.15, 0.2) is 11.5 Å². The van der Waals surface area contributed by atoms with Crippen molar-refractivity contribution in [3.05, 3.63) is 59.8 Å². The number of rotatable bonds is 6. The van der Waals surface area contributed by atoms with E-state index in [0.29, 0.717) is 13.3 Å². The van der Waals surface area contributed by atoms with Crippen LogP contribution in [0.2, 0.25) is 0 Å². The Morgan fingerprint density at radius 2 is 1.84 bits per heavy atom. The SMILES string of the molecule is CCn1nc(CNCc2ccc3c(c2)OCO3)c(-c2ccccc2)n1. The molecular weight excluding hydrogens is 316 g/mol. The first-order valence-corrected chi connectivity index (χ1v) is 8.42. The normalized spacial score (nSPS) is 12.5. The number of fused-ring (bicyclic) bond motifs is 1. The fourth-order valence-corrected chi connectivity index (χ4v) is 2.84. The average molecular weight is 336 g/mol. The summed E-state index contributed by atoms with van der Waals surface area (Å²) in [5, 5.41) is 12.6. The molecule has 0 atom stereocenters. The van der Waals surface area contributed by atoms with Crippen molar-refractivity contribution in [2.24, 2.45) is 0 Å². The zero-order chi connectivity index (χ0) is 17.1. The monoisotopic (exact) mass is 336 g/mol. The van der Waals surface area contributed by atoms with Gasteiger partial charge < -0.3 is 14.8 Å². The second-order valence-electron chi connectivity index (χ2n) is 5.84. The maximum Gasteiger partial charge on any atom is 0.231 e. The number of hydrogen-bond donors (Lipinski definition) is 1. The molecule has 0 saturated heterocycles. The van der Waals surface area contributed by atoms with E-state index in [4.69, 9.17) is 9.47 Å². The van der Waals surface area contributed by atoms with Crippen molar-refractivity contribution < 1.29 is 9.47 Å². The van der Waals surface area contributed by atoms with Crippen LogP contribution in [0.5, 0.6) is 11.5 Å². The predicted octanol–water partition coefficient (Wildman–Crippen LogP) is 2.98. The first kappa shape index (κ1) is 15.7. The molecule has 128 valence electrons. The zero-order valence-corrected chi connectivity index (χ0v) is 14.1. The molecule has 1 aliphatic rings. The zero-order valence-electron chi connectivity index (χ0n) is 14.1. The number of ether oxygens (including phenoxy) is 2. The van der Waals surface area contributed by atoms with Crippen LogP contribution in [0.1, 0.15) is 18.2 Å². The molecule has 1 aromatic heterocycles. The van der Waals surface area contributed by atoms with Gasteiger partial charge in [-0.05, 0) is 24.6 Å². The van der Waals surface area contributed by atoms with Crippen LogP contribution in [-0.4, -0.2) is 21.8 Å². The maximum absolute atomic E-state index is 5.42. The van der Waals surface area contributed by atoms with E-state index in [1.165, 1.54) is 0 Å². The summed E-state index contributed by atoms with van der Waals surface area (Å²) < 4.78 is 10.8. The highest BCUT2D eigenvalue weighted by Crippen LogP contribution is 2.32. The van der Waals surface area contributed by atoms with Crippen LogP contribution in [0.15, 0.2) is 48.5 Å². The molecule has 0 aliphatic carbocycles. The van der Waals surface area contributed by atoms with E-state index in [9.17, 15) is 0 Å². The molecule has 0 bridgehead atoms. The Balaban J connectivity index is 1.47. The summed E-state index contributed by atoms with van der Waals surface area (Å²) in [6, 6.07) is 16.2. The molecular formula is C19H20N4O2. The van der Waals surface area contributed by atoms with Crippen molar-refractivity contribution in [2.75, 3.05) is 6.79 Å². The minimum Gasteiger partial charge on any atom is -0.454 e. The summed E-state index contributed by atoms with van der Waals surface area (Å²) in [6.45, 7) is 4.47. The first-order chi connectivity index (χ1) is 12.3. The molecule has 0 fully saturated rings. The Morgan fingerprint density at radius 3 is 2.68 bits per heavy atom. The van der Waals surface area contributed by atoms with Crippen LogP contribution in [-0.2, 0) is 19.6 Å². The summed E-state index contributed by atoms with van der Waals surface area (Å²) >= 11 is 0. The number of nitrogens with zero attached hydrogens (tertiary/aromatic N) is 3. The van der Waals surface area contributed by atoms with Crippen molar-refractivity contribution >= 4 is 0 Å². The lowest BCUT2D eigenvalue weighted by molar-refractivity contribution is 0.174. The molecule has 25 heavy (non-hydrogen) atoms. The maximum atomic E-state index is 5.42. The minimum atomic E-state index is 0.298. The number of nitrogens with one attached hydrogen (secondary N) is 1. The van der Waals surface area contributed by atoms with Gasteiger partial charge in [-0.3, -0.25) is 0 Å². The largest absolute Gasteiger partial charge is 0.454 e. The van der Waals surface area contributed by atoms with Crippen molar-refractivity contribution in [1.29, 1.82) is 0 Å². The quantitative estimate of drug-likeness (QED) is 0.750. The average Bonchev–Trinajstić information content (AvgIpc) is 3.28. The number of aromatic nitrogens is 3. The summed E-state index contributed by atoms with van der Waals surface area (Å²) in [5.41, 5.74) is 4.12. The molecule has 6 heteroatoms. The molecule has 6 nitrogen and oxygen atoms in total. The lowest BCUT2D eigenvalue weighted by Gasteiger charge is -2.05. The summed E-state index contributed by atoms with van der Waals surface area (Å²) in [5.74, 6) is 1.61. The van der Waals surface area contributed by atoms with Crippen molar-refractivity contribution in [1.82, 2.24) is 20.3 Å². The molecule has 2 aromatic carbocycles.